The van der Waals surface area contributed by atoms with Gasteiger partial charge in [-0.05, 0) is 30.2 Å². The molecule has 2 aromatic heterocycles. The number of carbonyl (C=O) groups excluding carboxylic acids is 2. The summed E-state index contributed by atoms with van der Waals surface area (Å²) < 4.78 is 9.86. The first kappa shape index (κ1) is 21.6. The van der Waals surface area contributed by atoms with E-state index in [1.54, 1.807) is 24.3 Å². The molecule has 2 N–H and O–H groups in total. The van der Waals surface area contributed by atoms with Crippen molar-refractivity contribution in [3.8, 4) is 11.8 Å². The topological polar surface area (TPSA) is 128 Å². The van der Waals surface area contributed by atoms with Crippen molar-refractivity contribution in [2.75, 3.05) is 14.2 Å². The number of ether oxygens (including phenoxy) is 2. The van der Waals surface area contributed by atoms with E-state index < -0.39 is 0 Å². The summed E-state index contributed by atoms with van der Waals surface area (Å²) >= 11 is 0. The molecule has 1 unspecified atom stereocenters. The normalized spacial score (nSPS) is 11.3. The van der Waals surface area contributed by atoms with Crippen LogP contribution in [0.15, 0.2) is 48.5 Å². The number of benzene rings is 1. The Hall–Kier alpha value is -4.08. The Morgan fingerprint density at radius 3 is 1.84 bits per heavy atom. The molecule has 10 heteroatoms. The summed E-state index contributed by atoms with van der Waals surface area (Å²) in [5, 5.41) is 20.9. The van der Waals surface area contributed by atoms with Crippen molar-refractivity contribution in [2.45, 2.75) is 19.5 Å². The third kappa shape index (κ3) is 5.72. The van der Waals surface area contributed by atoms with Crippen molar-refractivity contribution in [2.24, 2.45) is 0 Å². The van der Waals surface area contributed by atoms with Crippen LogP contribution in [-0.2, 0) is 6.54 Å². The van der Waals surface area contributed by atoms with Gasteiger partial charge >= 0.3 is 0 Å². The van der Waals surface area contributed by atoms with Gasteiger partial charge in [0.2, 0.25) is 11.8 Å². The highest BCUT2D eigenvalue weighted by atomic mass is 16.5. The summed E-state index contributed by atoms with van der Waals surface area (Å²) in [6, 6.07) is 13.5. The van der Waals surface area contributed by atoms with Gasteiger partial charge in [0.05, 0.1) is 20.3 Å². The van der Waals surface area contributed by atoms with Crippen LogP contribution >= 0.6 is 0 Å². The van der Waals surface area contributed by atoms with Crippen molar-refractivity contribution < 1.29 is 19.1 Å². The van der Waals surface area contributed by atoms with Gasteiger partial charge in [-0.2, -0.15) is 0 Å². The van der Waals surface area contributed by atoms with E-state index in [-0.39, 0.29) is 29.2 Å². The second-order valence-corrected chi connectivity index (χ2v) is 6.54. The first-order valence-corrected chi connectivity index (χ1v) is 9.43. The molecule has 2 amide bonds. The highest BCUT2D eigenvalue weighted by molar-refractivity contribution is 5.92. The Kier molecular flexibility index (Phi) is 7.05. The minimum Gasteiger partial charge on any atom is -0.480 e. The molecule has 2 heterocycles. The van der Waals surface area contributed by atoms with Crippen molar-refractivity contribution in [3.05, 3.63) is 71.0 Å². The zero-order valence-electron chi connectivity index (χ0n) is 17.3. The molecule has 3 rings (SSSR count). The summed E-state index contributed by atoms with van der Waals surface area (Å²) in [5.74, 6) is 0.0127. The van der Waals surface area contributed by atoms with E-state index in [0.29, 0.717) is 18.3 Å². The molecule has 0 aliphatic heterocycles. The number of nitrogens with zero attached hydrogens (tertiary/aromatic N) is 4. The maximum atomic E-state index is 12.3. The Morgan fingerprint density at radius 2 is 1.35 bits per heavy atom. The molecule has 1 atom stereocenters. The molecule has 0 saturated heterocycles. The van der Waals surface area contributed by atoms with E-state index in [4.69, 9.17) is 9.47 Å². The molecule has 1 aromatic carbocycles. The Bertz CT molecular complexity index is 1020. The average molecular weight is 422 g/mol. The Labute approximate surface area is 179 Å². The summed E-state index contributed by atoms with van der Waals surface area (Å²) in [7, 11) is 2.96. The molecule has 0 fully saturated rings. The lowest BCUT2D eigenvalue weighted by Crippen LogP contribution is -2.27. The Morgan fingerprint density at radius 1 is 0.806 bits per heavy atom. The highest BCUT2D eigenvalue weighted by Gasteiger charge is 2.14. The molecule has 0 saturated carbocycles. The summed E-state index contributed by atoms with van der Waals surface area (Å²) in [5.41, 5.74) is 2.22. The van der Waals surface area contributed by atoms with E-state index >= 15 is 0 Å². The molecule has 0 aliphatic rings. The molecule has 3 aromatic rings. The quantitative estimate of drug-likeness (QED) is 0.561. The van der Waals surface area contributed by atoms with Gasteiger partial charge in [-0.15, -0.1) is 20.4 Å². The molecule has 0 bridgehead atoms. The first-order chi connectivity index (χ1) is 15.0. The van der Waals surface area contributed by atoms with Crippen LogP contribution in [0, 0.1) is 0 Å². The Balaban J connectivity index is 1.53. The predicted molar refractivity (Wildman–Crippen MR) is 111 cm³/mol. The number of aromatic nitrogens is 4. The molecular weight excluding hydrogens is 400 g/mol. The smallest absolute Gasteiger partial charge is 0.272 e. The fourth-order valence-corrected chi connectivity index (χ4v) is 2.65. The van der Waals surface area contributed by atoms with Crippen LogP contribution in [0.3, 0.4) is 0 Å². The fourth-order valence-electron chi connectivity index (χ4n) is 2.65. The number of carbonyl (C=O) groups is 2. The minimum atomic E-state index is -0.334. The van der Waals surface area contributed by atoms with Crippen LogP contribution in [0.2, 0.25) is 0 Å². The van der Waals surface area contributed by atoms with Crippen molar-refractivity contribution >= 4 is 11.8 Å². The predicted octanol–water partition coefficient (Wildman–Crippen LogP) is 1.70. The van der Waals surface area contributed by atoms with Crippen molar-refractivity contribution in [3.63, 3.8) is 0 Å². The number of methoxy groups -OCH3 is 2. The minimum absolute atomic E-state index is 0.202. The largest absolute Gasteiger partial charge is 0.480 e. The van der Waals surface area contributed by atoms with Gasteiger partial charge in [-0.1, -0.05) is 24.3 Å². The monoisotopic (exact) mass is 422 g/mol. The third-order valence-corrected chi connectivity index (χ3v) is 4.44. The number of rotatable bonds is 8. The number of amides is 2. The zero-order valence-corrected chi connectivity index (χ0v) is 17.3. The van der Waals surface area contributed by atoms with Gasteiger partial charge in [0.15, 0.2) is 11.4 Å². The standard InChI is InChI=1S/C21H22N6O4/c1-13(23-21(29)17-9-11-19(31-3)27-25-17)15-6-4-14(5-7-15)12-22-20(28)16-8-10-18(30-2)26-24-16/h4-11,13H,12H2,1-3H3,(H,22,28)(H,23,29). The SMILES string of the molecule is COc1ccc(C(=O)NCc2ccc(C(C)NC(=O)c3ccc(OC)nn3)cc2)nn1. The number of nitrogens with one attached hydrogen (secondary N) is 2. The van der Waals surface area contributed by atoms with Gasteiger partial charge in [0.1, 0.15) is 0 Å². The maximum absolute atomic E-state index is 12.3. The van der Waals surface area contributed by atoms with E-state index in [0.717, 1.165) is 11.1 Å². The van der Waals surface area contributed by atoms with Gasteiger partial charge in [-0.25, -0.2) is 0 Å². The van der Waals surface area contributed by atoms with Crippen LogP contribution in [0.4, 0.5) is 0 Å². The molecule has 0 aliphatic carbocycles. The molecule has 31 heavy (non-hydrogen) atoms. The van der Waals surface area contributed by atoms with Gasteiger partial charge in [0, 0.05) is 18.7 Å². The second kappa shape index (κ2) is 10.1. The van der Waals surface area contributed by atoms with Crippen LogP contribution < -0.4 is 20.1 Å². The summed E-state index contributed by atoms with van der Waals surface area (Å²) in [6.07, 6.45) is 0. The summed E-state index contributed by atoms with van der Waals surface area (Å²) in [4.78, 5) is 24.5. The van der Waals surface area contributed by atoms with E-state index in [1.165, 1.54) is 14.2 Å². The lowest BCUT2D eigenvalue weighted by Gasteiger charge is -2.14. The highest BCUT2D eigenvalue weighted by Crippen LogP contribution is 2.15. The lowest BCUT2D eigenvalue weighted by molar-refractivity contribution is 0.0929. The lowest BCUT2D eigenvalue weighted by atomic mass is 10.1. The zero-order chi connectivity index (χ0) is 22.2. The van der Waals surface area contributed by atoms with Crippen LogP contribution in [0.1, 0.15) is 45.1 Å². The van der Waals surface area contributed by atoms with Gasteiger partial charge in [-0.3, -0.25) is 9.59 Å². The van der Waals surface area contributed by atoms with Gasteiger partial charge < -0.3 is 20.1 Å². The van der Waals surface area contributed by atoms with Gasteiger partial charge in [0.25, 0.3) is 11.8 Å². The van der Waals surface area contributed by atoms with Crippen LogP contribution in [0.25, 0.3) is 0 Å². The maximum Gasteiger partial charge on any atom is 0.272 e. The average Bonchev–Trinajstić information content (AvgIpc) is 2.82. The van der Waals surface area contributed by atoms with Crippen molar-refractivity contribution in [1.29, 1.82) is 0 Å². The third-order valence-electron chi connectivity index (χ3n) is 4.44. The molecule has 0 spiro atoms. The second-order valence-electron chi connectivity index (χ2n) is 6.54. The van der Waals surface area contributed by atoms with Crippen LogP contribution in [0.5, 0.6) is 11.8 Å². The molecule has 10 nitrogen and oxygen atoms in total. The first-order valence-electron chi connectivity index (χ1n) is 9.43. The number of hydrogen-bond donors (Lipinski definition) is 2. The van der Waals surface area contributed by atoms with E-state index in [2.05, 4.69) is 31.0 Å². The number of hydrogen-bond acceptors (Lipinski definition) is 8. The molecule has 0 radical (unpaired) electrons. The summed E-state index contributed by atoms with van der Waals surface area (Å²) in [6.45, 7) is 2.20. The van der Waals surface area contributed by atoms with E-state index in [9.17, 15) is 9.59 Å². The van der Waals surface area contributed by atoms with Crippen molar-refractivity contribution in [1.82, 2.24) is 31.0 Å². The molecular formula is C21H22N6O4. The van der Waals surface area contributed by atoms with E-state index in [1.807, 2.05) is 31.2 Å². The van der Waals surface area contributed by atoms with Crippen LogP contribution in [-0.4, -0.2) is 46.4 Å². The molecule has 160 valence electrons. The fraction of sp³-hybridized carbons (Fsp3) is 0.238.